The number of rotatable bonds is 7. The number of guanidine groups is 1. The average molecular weight is 354 g/mol. The molecule has 0 aliphatic carbocycles. The Morgan fingerprint density at radius 1 is 1.38 bits per heavy atom. The van der Waals surface area contributed by atoms with Crippen LogP contribution >= 0.6 is 11.3 Å². The number of hydrogen-bond donors (Lipinski definition) is 2. The summed E-state index contributed by atoms with van der Waals surface area (Å²) in [7, 11) is 1.81. The van der Waals surface area contributed by atoms with E-state index < -0.39 is 0 Å². The minimum atomic E-state index is 0.485. The Labute approximate surface area is 149 Å². The standard InChI is InChI=1S/C17H31N5OS/c1-5-14-10-19-16(24-14)12-21-17(18-4)20-11-15(13(2)3)22-6-8-23-9-7-22/h10,13,15H,5-9,11-12H2,1-4H3,(H2,18,20,21). The van der Waals surface area contributed by atoms with Crippen LogP contribution in [0.25, 0.3) is 0 Å². The molecule has 0 aromatic carbocycles. The van der Waals surface area contributed by atoms with E-state index in [1.807, 2.05) is 13.2 Å². The maximum Gasteiger partial charge on any atom is 0.191 e. The van der Waals surface area contributed by atoms with Crippen LogP contribution < -0.4 is 10.6 Å². The van der Waals surface area contributed by atoms with Crippen molar-refractivity contribution < 1.29 is 4.74 Å². The molecule has 1 unspecified atom stereocenters. The Balaban J connectivity index is 1.82. The highest BCUT2D eigenvalue weighted by atomic mass is 32.1. The fourth-order valence-electron chi connectivity index (χ4n) is 2.87. The van der Waals surface area contributed by atoms with Crippen LogP contribution in [0.5, 0.6) is 0 Å². The summed E-state index contributed by atoms with van der Waals surface area (Å²) in [5.74, 6) is 1.42. The summed E-state index contributed by atoms with van der Waals surface area (Å²) in [6.45, 7) is 12.0. The van der Waals surface area contributed by atoms with E-state index in [-0.39, 0.29) is 0 Å². The summed E-state index contributed by atoms with van der Waals surface area (Å²) in [4.78, 5) is 12.6. The van der Waals surface area contributed by atoms with E-state index in [0.29, 0.717) is 18.5 Å². The summed E-state index contributed by atoms with van der Waals surface area (Å²) in [5, 5.41) is 7.94. The minimum absolute atomic E-state index is 0.485. The van der Waals surface area contributed by atoms with Gasteiger partial charge in [-0.2, -0.15) is 0 Å². The third-order valence-corrected chi connectivity index (χ3v) is 5.49. The highest BCUT2D eigenvalue weighted by Gasteiger charge is 2.23. The van der Waals surface area contributed by atoms with Crippen molar-refractivity contribution in [3.05, 3.63) is 16.1 Å². The summed E-state index contributed by atoms with van der Waals surface area (Å²) in [5.41, 5.74) is 0. The third kappa shape index (κ3) is 5.72. The van der Waals surface area contributed by atoms with Crippen LogP contribution in [0.15, 0.2) is 11.2 Å². The molecular weight excluding hydrogens is 322 g/mol. The van der Waals surface area contributed by atoms with Crippen molar-refractivity contribution in [3.63, 3.8) is 0 Å². The van der Waals surface area contributed by atoms with E-state index in [1.54, 1.807) is 11.3 Å². The number of nitrogens with one attached hydrogen (secondary N) is 2. The fourth-order valence-corrected chi connectivity index (χ4v) is 3.67. The minimum Gasteiger partial charge on any atom is -0.379 e. The predicted molar refractivity (Wildman–Crippen MR) is 101 cm³/mol. The first-order valence-electron chi connectivity index (χ1n) is 8.84. The molecule has 2 N–H and O–H groups in total. The molecule has 0 bridgehead atoms. The lowest BCUT2D eigenvalue weighted by atomic mass is 10.0. The topological polar surface area (TPSA) is 61.8 Å². The van der Waals surface area contributed by atoms with Crippen LogP contribution in [0.2, 0.25) is 0 Å². The lowest BCUT2D eigenvalue weighted by molar-refractivity contribution is 0.00752. The highest BCUT2D eigenvalue weighted by molar-refractivity contribution is 7.11. The van der Waals surface area contributed by atoms with Crippen molar-refractivity contribution in [1.29, 1.82) is 0 Å². The van der Waals surface area contributed by atoms with Gasteiger partial charge in [-0.05, 0) is 12.3 Å². The van der Waals surface area contributed by atoms with Gasteiger partial charge in [0.1, 0.15) is 5.01 Å². The Bertz CT molecular complexity index is 511. The van der Waals surface area contributed by atoms with Crippen molar-refractivity contribution in [2.24, 2.45) is 10.9 Å². The van der Waals surface area contributed by atoms with Crippen LogP contribution in [0, 0.1) is 5.92 Å². The van der Waals surface area contributed by atoms with Crippen LogP contribution in [0.3, 0.4) is 0 Å². The smallest absolute Gasteiger partial charge is 0.191 e. The molecule has 136 valence electrons. The van der Waals surface area contributed by atoms with Gasteiger partial charge in [-0.25, -0.2) is 4.98 Å². The zero-order valence-corrected chi connectivity index (χ0v) is 16.2. The van der Waals surface area contributed by atoms with Gasteiger partial charge in [-0.3, -0.25) is 9.89 Å². The number of aromatic nitrogens is 1. The molecule has 7 heteroatoms. The van der Waals surface area contributed by atoms with Crippen molar-refractivity contribution in [2.45, 2.75) is 39.8 Å². The second-order valence-corrected chi connectivity index (χ2v) is 7.54. The lowest BCUT2D eigenvalue weighted by Gasteiger charge is -2.37. The Hall–Kier alpha value is -1.18. The zero-order chi connectivity index (χ0) is 17.4. The molecule has 0 radical (unpaired) electrons. The van der Waals surface area contributed by atoms with E-state index in [2.05, 4.69) is 46.3 Å². The Morgan fingerprint density at radius 2 is 2.12 bits per heavy atom. The van der Waals surface area contributed by atoms with Crippen molar-refractivity contribution in [3.8, 4) is 0 Å². The SMILES string of the molecule is CCc1cnc(CNC(=NC)NCC(C(C)C)N2CCOCC2)s1. The molecule has 0 amide bonds. The van der Waals surface area contributed by atoms with Crippen molar-refractivity contribution in [1.82, 2.24) is 20.5 Å². The van der Waals surface area contributed by atoms with Gasteiger partial charge in [-0.1, -0.05) is 20.8 Å². The number of aryl methyl sites for hydroxylation is 1. The van der Waals surface area contributed by atoms with Gasteiger partial charge >= 0.3 is 0 Å². The van der Waals surface area contributed by atoms with Gasteiger partial charge < -0.3 is 15.4 Å². The first-order valence-corrected chi connectivity index (χ1v) is 9.65. The molecule has 1 fully saturated rings. The van der Waals surface area contributed by atoms with Gasteiger partial charge in [-0.15, -0.1) is 11.3 Å². The number of aliphatic imine (C=N–C) groups is 1. The normalized spacial score (nSPS) is 18.0. The fraction of sp³-hybridized carbons (Fsp3) is 0.765. The Morgan fingerprint density at radius 3 is 2.71 bits per heavy atom. The molecule has 1 aromatic heterocycles. The number of morpholine rings is 1. The maximum atomic E-state index is 5.47. The van der Waals surface area contributed by atoms with Crippen LogP contribution in [-0.2, 0) is 17.7 Å². The molecular formula is C17H31N5OS. The third-order valence-electron chi connectivity index (χ3n) is 4.34. The molecule has 1 atom stereocenters. The molecule has 2 rings (SSSR count). The summed E-state index contributed by atoms with van der Waals surface area (Å²) < 4.78 is 5.47. The maximum absolute atomic E-state index is 5.47. The average Bonchev–Trinajstić information content (AvgIpc) is 3.06. The highest BCUT2D eigenvalue weighted by Crippen LogP contribution is 2.13. The van der Waals surface area contributed by atoms with Crippen molar-refractivity contribution >= 4 is 17.3 Å². The molecule has 1 aliphatic heterocycles. The van der Waals surface area contributed by atoms with Crippen molar-refractivity contribution in [2.75, 3.05) is 39.9 Å². The quantitative estimate of drug-likeness (QED) is 0.577. The molecule has 0 spiro atoms. The van der Waals surface area contributed by atoms with Gasteiger partial charge in [0.2, 0.25) is 0 Å². The van der Waals surface area contributed by atoms with Gasteiger partial charge in [0.15, 0.2) is 5.96 Å². The Kier molecular flexibility index (Phi) is 7.94. The molecule has 1 aliphatic rings. The summed E-state index contributed by atoms with van der Waals surface area (Å²) >= 11 is 1.76. The summed E-state index contributed by atoms with van der Waals surface area (Å²) in [6, 6.07) is 0.485. The van der Waals surface area contributed by atoms with E-state index in [0.717, 1.165) is 50.2 Å². The first-order chi connectivity index (χ1) is 11.6. The van der Waals surface area contributed by atoms with E-state index in [4.69, 9.17) is 4.74 Å². The monoisotopic (exact) mass is 353 g/mol. The number of hydrogen-bond acceptors (Lipinski definition) is 5. The van der Waals surface area contributed by atoms with Crippen LogP contribution in [0.4, 0.5) is 0 Å². The molecule has 24 heavy (non-hydrogen) atoms. The van der Waals surface area contributed by atoms with E-state index in [9.17, 15) is 0 Å². The number of nitrogens with zero attached hydrogens (tertiary/aromatic N) is 3. The summed E-state index contributed by atoms with van der Waals surface area (Å²) in [6.07, 6.45) is 3.01. The second-order valence-electron chi connectivity index (χ2n) is 6.34. The molecule has 1 aromatic rings. The van der Waals surface area contributed by atoms with Gasteiger partial charge in [0, 0.05) is 43.8 Å². The number of thiazole rings is 1. The number of ether oxygens (including phenoxy) is 1. The molecule has 0 saturated carbocycles. The molecule has 2 heterocycles. The zero-order valence-electron chi connectivity index (χ0n) is 15.3. The van der Waals surface area contributed by atoms with Crippen LogP contribution in [0.1, 0.15) is 30.7 Å². The molecule has 1 saturated heterocycles. The van der Waals surface area contributed by atoms with E-state index >= 15 is 0 Å². The van der Waals surface area contributed by atoms with Gasteiger partial charge in [0.25, 0.3) is 0 Å². The second kappa shape index (κ2) is 9.96. The van der Waals surface area contributed by atoms with E-state index in [1.165, 1.54) is 4.88 Å². The first kappa shape index (κ1) is 19.1. The van der Waals surface area contributed by atoms with Crippen LogP contribution in [-0.4, -0.2) is 61.8 Å². The molecule has 6 nitrogen and oxygen atoms in total. The largest absolute Gasteiger partial charge is 0.379 e. The predicted octanol–water partition coefficient (Wildman–Crippen LogP) is 1.73. The lowest BCUT2D eigenvalue weighted by Crippen LogP contribution is -2.52. The van der Waals surface area contributed by atoms with Gasteiger partial charge in [0.05, 0.1) is 19.8 Å².